The van der Waals surface area contributed by atoms with Gasteiger partial charge in [-0.1, -0.05) is 26.7 Å². The fraction of sp³-hybridized carbons (Fsp3) is 0.857. The average Bonchev–Trinajstić information content (AvgIpc) is 3.06. The van der Waals surface area contributed by atoms with Crippen LogP contribution in [-0.2, 0) is 17.9 Å². The Labute approximate surface area is 125 Å². The number of hydrogen-bond donors (Lipinski definition) is 1. The Hall–Kier alpha value is -1.50. The van der Waals surface area contributed by atoms with Gasteiger partial charge in [-0.05, 0) is 42.7 Å². The molecule has 7 heteroatoms. The van der Waals surface area contributed by atoms with Crippen LogP contribution >= 0.6 is 0 Å². The zero-order chi connectivity index (χ0) is 15.3. The SMILES string of the molecule is CCCCn1nnnc1CN1CCCC1(CCC)C(=O)O. The monoisotopic (exact) mass is 295 g/mol. The quantitative estimate of drug-likeness (QED) is 0.785. The molecule has 1 aromatic heterocycles. The second-order valence-electron chi connectivity index (χ2n) is 5.78. The third kappa shape index (κ3) is 3.23. The van der Waals surface area contributed by atoms with Gasteiger partial charge in [-0.3, -0.25) is 9.69 Å². The van der Waals surface area contributed by atoms with Crippen molar-refractivity contribution in [1.29, 1.82) is 0 Å². The number of tetrazole rings is 1. The van der Waals surface area contributed by atoms with Crippen molar-refractivity contribution in [2.75, 3.05) is 6.54 Å². The summed E-state index contributed by atoms with van der Waals surface area (Å²) in [6, 6.07) is 0. The summed E-state index contributed by atoms with van der Waals surface area (Å²) in [5, 5.41) is 21.5. The molecule has 2 heterocycles. The van der Waals surface area contributed by atoms with Gasteiger partial charge in [-0.15, -0.1) is 5.10 Å². The van der Waals surface area contributed by atoms with Gasteiger partial charge in [0.15, 0.2) is 5.82 Å². The van der Waals surface area contributed by atoms with Gasteiger partial charge < -0.3 is 5.11 Å². The van der Waals surface area contributed by atoms with Gasteiger partial charge in [0.25, 0.3) is 0 Å². The highest BCUT2D eigenvalue weighted by Gasteiger charge is 2.47. The Morgan fingerprint density at radius 1 is 1.38 bits per heavy atom. The summed E-state index contributed by atoms with van der Waals surface area (Å²) in [4.78, 5) is 13.9. The van der Waals surface area contributed by atoms with E-state index in [9.17, 15) is 9.90 Å². The number of carboxylic acids is 1. The number of carbonyl (C=O) groups is 1. The molecule has 1 fully saturated rings. The summed E-state index contributed by atoms with van der Waals surface area (Å²) >= 11 is 0. The molecule has 1 aliphatic rings. The van der Waals surface area contributed by atoms with Crippen molar-refractivity contribution in [3.05, 3.63) is 5.82 Å². The Kier molecular flexibility index (Phi) is 5.27. The summed E-state index contributed by atoms with van der Waals surface area (Å²) in [6.45, 7) is 6.27. The maximum Gasteiger partial charge on any atom is 0.324 e. The molecule has 2 rings (SSSR count). The molecule has 7 nitrogen and oxygen atoms in total. The number of likely N-dealkylation sites (tertiary alicyclic amines) is 1. The highest BCUT2D eigenvalue weighted by molar-refractivity contribution is 5.79. The number of unbranched alkanes of at least 4 members (excludes halogenated alkanes) is 1. The Morgan fingerprint density at radius 2 is 2.19 bits per heavy atom. The highest BCUT2D eigenvalue weighted by Crippen LogP contribution is 2.34. The zero-order valence-electron chi connectivity index (χ0n) is 13.0. The minimum atomic E-state index is -0.740. The lowest BCUT2D eigenvalue weighted by atomic mass is 9.90. The van der Waals surface area contributed by atoms with Crippen molar-refractivity contribution in [1.82, 2.24) is 25.1 Å². The van der Waals surface area contributed by atoms with Gasteiger partial charge in [0.05, 0.1) is 6.54 Å². The molecule has 0 bridgehead atoms. The van der Waals surface area contributed by atoms with Crippen LogP contribution in [-0.4, -0.2) is 48.3 Å². The largest absolute Gasteiger partial charge is 0.480 e. The number of aryl methyl sites for hydroxylation is 1. The molecular weight excluding hydrogens is 270 g/mol. The predicted octanol–water partition coefficient (Wildman–Crippen LogP) is 1.69. The van der Waals surface area contributed by atoms with Gasteiger partial charge in [0, 0.05) is 6.54 Å². The molecule has 118 valence electrons. The standard InChI is InChI=1S/C14H25N5O2/c1-3-5-10-19-12(15-16-17-19)11-18-9-6-8-14(18,7-4-2)13(20)21/h3-11H2,1-2H3,(H,20,21). The third-order valence-corrected chi connectivity index (χ3v) is 4.35. The summed E-state index contributed by atoms with van der Waals surface area (Å²) in [5.41, 5.74) is -0.740. The Bertz CT molecular complexity index is 476. The van der Waals surface area contributed by atoms with Crippen LogP contribution in [0.25, 0.3) is 0 Å². The van der Waals surface area contributed by atoms with Crippen LogP contribution in [0.1, 0.15) is 58.2 Å². The first-order valence-corrected chi connectivity index (χ1v) is 7.87. The van der Waals surface area contributed by atoms with E-state index < -0.39 is 11.5 Å². The minimum absolute atomic E-state index is 0.517. The lowest BCUT2D eigenvalue weighted by Gasteiger charge is -2.34. The normalized spacial score (nSPS) is 22.8. The van der Waals surface area contributed by atoms with Gasteiger partial charge in [-0.2, -0.15) is 0 Å². The van der Waals surface area contributed by atoms with E-state index in [-0.39, 0.29) is 0 Å². The number of aromatic nitrogens is 4. The van der Waals surface area contributed by atoms with Gasteiger partial charge in [0.2, 0.25) is 0 Å². The van der Waals surface area contributed by atoms with E-state index in [2.05, 4.69) is 22.4 Å². The average molecular weight is 295 g/mol. The molecule has 0 aliphatic carbocycles. The molecular formula is C14H25N5O2. The fourth-order valence-corrected chi connectivity index (χ4v) is 3.20. The molecule has 1 atom stereocenters. The van der Waals surface area contributed by atoms with Crippen molar-refractivity contribution in [2.24, 2.45) is 0 Å². The molecule has 21 heavy (non-hydrogen) atoms. The van der Waals surface area contributed by atoms with Crippen LogP contribution in [0.3, 0.4) is 0 Å². The van der Waals surface area contributed by atoms with E-state index >= 15 is 0 Å². The van der Waals surface area contributed by atoms with Crippen LogP contribution < -0.4 is 0 Å². The van der Waals surface area contributed by atoms with Gasteiger partial charge >= 0.3 is 5.97 Å². The topological polar surface area (TPSA) is 84.1 Å². The van der Waals surface area contributed by atoms with Crippen molar-refractivity contribution >= 4 is 5.97 Å². The van der Waals surface area contributed by atoms with Gasteiger partial charge in [0.1, 0.15) is 5.54 Å². The van der Waals surface area contributed by atoms with Crippen LogP contribution in [0.5, 0.6) is 0 Å². The van der Waals surface area contributed by atoms with Crippen molar-refractivity contribution in [3.8, 4) is 0 Å². The molecule has 1 unspecified atom stereocenters. The molecule has 0 aromatic carbocycles. The maximum absolute atomic E-state index is 11.8. The lowest BCUT2D eigenvalue weighted by molar-refractivity contribution is -0.150. The van der Waals surface area contributed by atoms with E-state index in [4.69, 9.17) is 0 Å². The molecule has 0 spiro atoms. The van der Waals surface area contributed by atoms with Crippen molar-refractivity contribution < 1.29 is 9.90 Å². The molecule has 1 N–H and O–H groups in total. The fourth-order valence-electron chi connectivity index (χ4n) is 3.20. The number of aliphatic carboxylic acids is 1. The maximum atomic E-state index is 11.8. The van der Waals surface area contributed by atoms with Crippen molar-refractivity contribution in [2.45, 2.75) is 71.0 Å². The van der Waals surface area contributed by atoms with Crippen LogP contribution in [0.2, 0.25) is 0 Å². The van der Waals surface area contributed by atoms with E-state index in [1.54, 1.807) is 4.68 Å². The Morgan fingerprint density at radius 3 is 2.86 bits per heavy atom. The third-order valence-electron chi connectivity index (χ3n) is 4.35. The van der Waals surface area contributed by atoms with Crippen molar-refractivity contribution in [3.63, 3.8) is 0 Å². The molecule has 0 saturated carbocycles. The van der Waals surface area contributed by atoms with E-state index in [0.29, 0.717) is 19.4 Å². The first-order chi connectivity index (χ1) is 10.1. The highest BCUT2D eigenvalue weighted by atomic mass is 16.4. The Balaban J connectivity index is 2.14. The molecule has 1 saturated heterocycles. The van der Waals surface area contributed by atoms with Crippen LogP contribution in [0, 0.1) is 0 Å². The summed E-state index contributed by atoms with van der Waals surface area (Å²) in [7, 11) is 0. The first-order valence-electron chi connectivity index (χ1n) is 7.87. The number of hydrogen-bond acceptors (Lipinski definition) is 5. The van der Waals surface area contributed by atoms with E-state index in [1.165, 1.54) is 0 Å². The lowest BCUT2D eigenvalue weighted by Crippen LogP contribution is -2.50. The summed E-state index contributed by atoms with van der Waals surface area (Å²) < 4.78 is 1.81. The molecule has 0 amide bonds. The zero-order valence-corrected chi connectivity index (χ0v) is 13.0. The summed E-state index contributed by atoms with van der Waals surface area (Å²) in [5.74, 6) is 0.0570. The number of rotatable bonds is 8. The molecule has 1 aromatic rings. The molecule has 0 radical (unpaired) electrons. The second-order valence-corrected chi connectivity index (χ2v) is 5.78. The smallest absolute Gasteiger partial charge is 0.324 e. The summed E-state index contributed by atoms with van der Waals surface area (Å²) in [6.07, 6.45) is 5.28. The van der Waals surface area contributed by atoms with Gasteiger partial charge in [-0.25, -0.2) is 4.68 Å². The van der Waals surface area contributed by atoms with Crippen LogP contribution in [0.15, 0.2) is 0 Å². The molecule has 1 aliphatic heterocycles. The first kappa shape index (κ1) is 15.9. The second kappa shape index (κ2) is 6.98. The van der Waals surface area contributed by atoms with E-state index in [1.807, 2.05) is 11.8 Å². The van der Waals surface area contributed by atoms with E-state index in [0.717, 1.165) is 44.6 Å². The predicted molar refractivity (Wildman–Crippen MR) is 77.6 cm³/mol. The van der Waals surface area contributed by atoms with Crippen LogP contribution in [0.4, 0.5) is 0 Å². The number of carboxylic acid groups (broad SMARTS) is 1. The minimum Gasteiger partial charge on any atom is -0.480 e. The number of nitrogens with zero attached hydrogens (tertiary/aromatic N) is 5.